The Morgan fingerprint density at radius 3 is 3.05 bits per heavy atom. The highest BCUT2D eigenvalue weighted by atomic mass is 79.9. The fourth-order valence-electron chi connectivity index (χ4n) is 2.32. The van der Waals surface area contributed by atoms with Gasteiger partial charge >= 0.3 is 0 Å². The molecule has 1 aromatic carbocycles. The largest absolute Gasteiger partial charge is 0.444 e. The third kappa shape index (κ3) is 2.42. The summed E-state index contributed by atoms with van der Waals surface area (Å²) >= 11 is 3.45. The lowest BCUT2D eigenvalue weighted by molar-refractivity contribution is -0.117. The molecule has 0 bridgehead atoms. The SMILES string of the molecule is O=C1CC(CBr)CN1c1cccc(-c2cnco2)c1. The molecular formula is C14H13BrN2O2. The maximum absolute atomic E-state index is 12.0. The minimum atomic E-state index is 0.180. The molecule has 1 aliphatic rings. The average Bonchev–Trinajstić information content (AvgIpc) is 3.08. The number of rotatable bonds is 3. The summed E-state index contributed by atoms with van der Waals surface area (Å²) in [4.78, 5) is 17.8. The predicted octanol–water partition coefficient (Wildman–Crippen LogP) is 3.09. The Bertz CT molecular complexity index is 583. The number of halogens is 1. The molecule has 1 saturated heterocycles. The van der Waals surface area contributed by atoms with Crippen molar-refractivity contribution >= 4 is 27.5 Å². The van der Waals surface area contributed by atoms with Gasteiger partial charge in [0.1, 0.15) is 0 Å². The quantitative estimate of drug-likeness (QED) is 0.816. The molecule has 0 saturated carbocycles. The number of carbonyl (C=O) groups excluding carboxylic acids is 1. The molecule has 0 radical (unpaired) electrons. The van der Waals surface area contributed by atoms with Crippen molar-refractivity contribution in [3.05, 3.63) is 36.9 Å². The summed E-state index contributed by atoms with van der Waals surface area (Å²) < 4.78 is 5.28. The summed E-state index contributed by atoms with van der Waals surface area (Å²) in [6.45, 7) is 0.768. The topological polar surface area (TPSA) is 46.3 Å². The van der Waals surface area contributed by atoms with E-state index in [2.05, 4.69) is 20.9 Å². The molecule has 1 fully saturated rings. The number of nitrogens with zero attached hydrogens (tertiary/aromatic N) is 2. The van der Waals surface area contributed by atoms with Crippen LogP contribution in [-0.2, 0) is 4.79 Å². The molecule has 1 amide bonds. The third-order valence-electron chi connectivity index (χ3n) is 3.30. The number of amides is 1. The Kier molecular flexibility index (Phi) is 3.38. The molecule has 19 heavy (non-hydrogen) atoms. The van der Waals surface area contributed by atoms with Crippen molar-refractivity contribution in [2.24, 2.45) is 5.92 Å². The Morgan fingerprint density at radius 2 is 2.37 bits per heavy atom. The maximum Gasteiger partial charge on any atom is 0.227 e. The molecule has 1 aromatic heterocycles. The van der Waals surface area contributed by atoms with Crippen LogP contribution in [0.3, 0.4) is 0 Å². The van der Waals surface area contributed by atoms with Crippen molar-refractivity contribution in [2.45, 2.75) is 6.42 Å². The molecule has 1 unspecified atom stereocenters. The van der Waals surface area contributed by atoms with Crippen LogP contribution in [0, 0.1) is 5.92 Å². The monoisotopic (exact) mass is 320 g/mol. The van der Waals surface area contributed by atoms with Crippen LogP contribution in [0.25, 0.3) is 11.3 Å². The molecule has 1 aliphatic heterocycles. The van der Waals surface area contributed by atoms with E-state index in [1.807, 2.05) is 29.2 Å². The van der Waals surface area contributed by atoms with Gasteiger partial charge in [0.2, 0.25) is 5.91 Å². The van der Waals surface area contributed by atoms with Crippen molar-refractivity contribution < 1.29 is 9.21 Å². The molecule has 2 heterocycles. The van der Waals surface area contributed by atoms with E-state index < -0.39 is 0 Å². The molecule has 4 nitrogen and oxygen atoms in total. The van der Waals surface area contributed by atoms with Crippen LogP contribution in [-0.4, -0.2) is 22.8 Å². The predicted molar refractivity (Wildman–Crippen MR) is 76.2 cm³/mol. The first-order valence-electron chi connectivity index (χ1n) is 6.13. The first-order chi connectivity index (χ1) is 9.28. The number of alkyl halides is 1. The Hall–Kier alpha value is -1.62. The van der Waals surface area contributed by atoms with Gasteiger partial charge in [-0.25, -0.2) is 4.98 Å². The molecular weight excluding hydrogens is 308 g/mol. The van der Waals surface area contributed by atoms with E-state index in [1.54, 1.807) is 6.20 Å². The standard InChI is InChI=1S/C14H13BrN2O2/c15-6-10-4-14(18)17(8-10)12-3-1-2-11(5-12)13-7-16-9-19-13/h1-3,5,7,9-10H,4,6,8H2. The second-order valence-corrected chi connectivity index (χ2v) is 5.29. The zero-order valence-electron chi connectivity index (χ0n) is 10.3. The van der Waals surface area contributed by atoms with Crippen molar-refractivity contribution in [3.8, 4) is 11.3 Å². The van der Waals surface area contributed by atoms with Gasteiger partial charge in [0.15, 0.2) is 12.2 Å². The summed E-state index contributed by atoms with van der Waals surface area (Å²) in [6, 6.07) is 7.80. The van der Waals surface area contributed by atoms with Crippen molar-refractivity contribution in [2.75, 3.05) is 16.8 Å². The molecule has 0 aliphatic carbocycles. The maximum atomic E-state index is 12.0. The van der Waals surface area contributed by atoms with Crippen LogP contribution in [0.2, 0.25) is 0 Å². The summed E-state index contributed by atoms with van der Waals surface area (Å²) in [6.07, 6.45) is 3.69. The van der Waals surface area contributed by atoms with Crippen LogP contribution in [0.5, 0.6) is 0 Å². The van der Waals surface area contributed by atoms with Crippen LogP contribution in [0.1, 0.15) is 6.42 Å². The van der Waals surface area contributed by atoms with Crippen LogP contribution < -0.4 is 4.90 Å². The third-order valence-corrected chi connectivity index (χ3v) is 4.21. The molecule has 2 aromatic rings. The van der Waals surface area contributed by atoms with Gasteiger partial charge in [0.25, 0.3) is 0 Å². The van der Waals surface area contributed by atoms with Crippen LogP contribution >= 0.6 is 15.9 Å². The second kappa shape index (κ2) is 5.17. The molecule has 0 N–H and O–H groups in total. The van der Waals surface area contributed by atoms with Crippen molar-refractivity contribution in [1.29, 1.82) is 0 Å². The van der Waals surface area contributed by atoms with Gasteiger partial charge in [0, 0.05) is 29.5 Å². The fourth-order valence-corrected chi connectivity index (χ4v) is 2.75. The zero-order valence-corrected chi connectivity index (χ0v) is 11.8. The van der Waals surface area contributed by atoms with E-state index in [-0.39, 0.29) is 5.91 Å². The lowest BCUT2D eigenvalue weighted by atomic mass is 10.1. The average molecular weight is 321 g/mol. The number of oxazole rings is 1. The number of hydrogen-bond donors (Lipinski definition) is 0. The molecule has 98 valence electrons. The minimum absolute atomic E-state index is 0.180. The number of aromatic nitrogens is 1. The smallest absolute Gasteiger partial charge is 0.227 e. The lowest BCUT2D eigenvalue weighted by Gasteiger charge is -2.17. The number of carbonyl (C=O) groups is 1. The lowest BCUT2D eigenvalue weighted by Crippen LogP contribution is -2.24. The number of benzene rings is 1. The molecule has 1 atom stereocenters. The van der Waals surface area contributed by atoms with E-state index in [4.69, 9.17) is 4.42 Å². The minimum Gasteiger partial charge on any atom is -0.444 e. The van der Waals surface area contributed by atoms with E-state index in [0.717, 1.165) is 23.1 Å². The van der Waals surface area contributed by atoms with E-state index in [9.17, 15) is 4.79 Å². The fraction of sp³-hybridized carbons (Fsp3) is 0.286. The zero-order chi connectivity index (χ0) is 13.2. The molecule has 0 spiro atoms. The molecule has 3 rings (SSSR count). The van der Waals surface area contributed by atoms with E-state index in [0.29, 0.717) is 18.1 Å². The highest BCUT2D eigenvalue weighted by molar-refractivity contribution is 9.09. The normalized spacial score (nSPS) is 19.1. The van der Waals surface area contributed by atoms with E-state index in [1.165, 1.54) is 6.39 Å². The van der Waals surface area contributed by atoms with Crippen LogP contribution in [0.4, 0.5) is 5.69 Å². The second-order valence-electron chi connectivity index (χ2n) is 4.64. The number of anilines is 1. The van der Waals surface area contributed by atoms with Gasteiger partial charge in [0.05, 0.1) is 6.20 Å². The van der Waals surface area contributed by atoms with Gasteiger partial charge in [-0.3, -0.25) is 4.79 Å². The summed E-state index contributed by atoms with van der Waals surface area (Å²) in [5.41, 5.74) is 1.85. The van der Waals surface area contributed by atoms with Gasteiger partial charge in [-0.15, -0.1) is 0 Å². The first-order valence-corrected chi connectivity index (χ1v) is 7.25. The van der Waals surface area contributed by atoms with E-state index >= 15 is 0 Å². The first kappa shape index (κ1) is 12.4. The Labute approximate surface area is 119 Å². The highest BCUT2D eigenvalue weighted by Crippen LogP contribution is 2.29. The summed E-state index contributed by atoms with van der Waals surface area (Å²) in [7, 11) is 0. The van der Waals surface area contributed by atoms with Crippen LogP contribution in [0.15, 0.2) is 41.3 Å². The molecule has 5 heteroatoms. The Balaban J connectivity index is 1.90. The highest BCUT2D eigenvalue weighted by Gasteiger charge is 2.29. The summed E-state index contributed by atoms with van der Waals surface area (Å²) in [5, 5.41) is 0.858. The van der Waals surface area contributed by atoms with Gasteiger partial charge in [-0.05, 0) is 18.1 Å². The van der Waals surface area contributed by atoms with Gasteiger partial charge in [-0.2, -0.15) is 0 Å². The number of hydrogen-bond acceptors (Lipinski definition) is 3. The van der Waals surface area contributed by atoms with Crippen molar-refractivity contribution in [1.82, 2.24) is 4.98 Å². The Morgan fingerprint density at radius 1 is 1.47 bits per heavy atom. The van der Waals surface area contributed by atoms with Gasteiger partial charge < -0.3 is 9.32 Å². The summed E-state index contributed by atoms with van der Waals surface area (Å²) in [5.74, 6) is 1.28. The van der Waals surface area contributed by atoms with Gasteiger partial charge in [-0.1, -0.05) is 28.1 Å². The van der Waals surface area contributed by atoms with Crippen molar-refractivity contribution in [3.63, 3.8) is 0 Å².